The van der Waals surface area contributed by atoms with Gasteiger partial charge in [0.25, 0.3) is 5.91 Å². The second-order valence-corrected chi connectivity index (χ2v) is 13.5. The second kappa shape index (κ2) is 12.1. The van der Waals surface area contributed by atoms with Crippen LogP contribution in [0.3, 0.4) is 0 Å². The van der Waals surface area contributed by atoms with Crippen LogP contribution in [0.25, 0.3) is 0 Å². The Morgan fingerprint density at radius 2 is 1.83 bits per heavy atom. The minimum absolute atomic E-state index is 0.205. The molecular formula is C30H40N6O5S. The summed E-state index contributed by atoms with van der Waals surface area (Å²) in [5.74, 6) is 1.40. The van der Waals surface area contributed by atoms with E-state index < -0.39 is 15.9 Å². The third-order valence-corrected chi connectivity index (χ3v) is 7.86. The maximum absolute atomic E-state index is 13.5. The van der Waals surface area contributed by atoms with Crippen LogP contribution in [-0.2, 0) is 15.4 Å². The maximum Gasteiger partial charge on any atom is 0.255 e. The van der Waals surface area contributed by atoms with Crippen LogP contribution in [-0.4, -0.2) is 75.8 Å². The van der Waals surface area contributed by atoms with Crippen molar-refractivity contribution in [2.45, 2.75) is 45.6 Å². The van der Waals surface area contributed by atoms with Crippen molar-refractivity contribution in [3.8, 4) is 17.4 Å². The Morgan fingerprint density at radius 3 is 2.45 bits per heavy atom. The van der Waals surface area contributed by atoms with Crippen LogP contribution < -0.4 is 24.4 Å². The van der Waals surface area contributed by atoms with Gasteiger partial charge >= 0.3 is 0 Å². The number of nitrogens with zero attached hydrogens (tertiary/aromatic N) is 4. The summed E-state index contributed by atoms with van der Waals surface area (Å²) in [5, 5.41) is 2.90. The number of amides is 1. The Hall–Kier alpha value is -3.90. The first-order valence-electron chi connectivity index (χ1n) is 13.7. The van der Waals surface area contributed by atoms with Gasteiger partial charge in [-0.15, -0.1) is 0 Å². The van der Waals surface area contributed by atoms with Crippen molar-refractivity contribution in [3.05, 3.63) is 59.4 Å². The molecule has 1 aliphatic rings. The molecule has 2 N–H and O–H groups in total. The maximum atomic E-state index is 13.5. The molecule has 42 heavy (non-hydrogen) atoms. The highest BCUT2D eigenvalue weighted by molar-refractivity contribution is 7.92. The van der Waals surface area contributed by atoms with E-state index in [-0.39, 0.29) is 16.9 Å². The molecule has 2 aromatic carbocycles. The van der Waals surface area contributed by atoms with Crippen LogP contribution in [0.1, 0.15) is 48.7 Å². The Balaban J connectivity index is 1.60. The van der Waals surface area contributed by atoms with Gasteiger partial charge in [0.15, 0.2) is 5.75 Å². The van der Waals surface area contributed by atoms with Crippen molar-refractivity contribution in [2.75, 3.05) is 55.5 Å². The molecule has 1 unspecified atom stereocenters. The lowest BCUT2D eigenvalue weighted by Crippen LogP contribution is -2.34. The Morgan fingerprint density at radius 1 is 1.12 bits per heavy atom. The summed E-state index contributed by atoms with van der Waals surface area (Å²) in [6.45, 7) is 9.88. The van der Waals surface area contributed by atoms with Crippen molar-refractivity contribution < 1.29 is 22.7 Å². The molecule has 0 aliphatic carbocycles. The standard InChI is InChI=1S/C30H40N6O5S/c1-19-9-10-20(13-25(19)41-27-16-26(31-18-32-27)36(6)22-11-12-35(5)17-22)29(37)33-23-14-21(30(2,3)4)15-24(28(23)40-7)34-42(8,38)39/h9-10,13-16,18,22,34H,11-12,17H2,1-8H3,(H,33,37). The van der Waals surface area contributed by atoms with Crippen molar-refractivity contribution in [2.24, 2.45) is 0 Å². The van der Waals surface area contributed by atoms with Crippen LogP contribution in [0.15, 0.2) is 42.7 Å². The SMILES string of the molecule is COc1c(NC(=O)c2ccc(C)c(Oc3cc(N(C)C4CCN(C)C4)ncn3)c2)cc(C(C)(C)C)cc1NS(C)(=O)=O. The van der Waals surface area contributed by atoms with E-state index in [1.807, 2.05) is 34.7 Å². The van der Waals surface area contributed by atoms with Crippen LogP contribution in [0, 0.1) is 6.92 Å². The van der Waals surface area contributed by atoms with Gasteiger partial charge in [0, 0.05) is 31.3 Å². The highest BCUT2D eigenvalue weighted by Crippen LogP contribution is 2.39. The second-order valence-electron chi connectivity index (χ2n) is 11.8. The zero-order chi connectivity index (χ0) is 30.8. The molecule has 1 aliphatic heterocycles. The van der Waals surface area contributed by atoms with Crippen molar-refractivity contribution in [1.29, 1.82) is 0 Å². The molecule has 4 rings (SSSR count). The van der Waals surface area contributed by atoms with E-state index in [1.54, 1.807) is 36.4 Å². The number of ether oxygens (including phenoxy) is 2. The van der Waals surface area contributed by atoms with Crippen LogP contribution >= 0.6 is 0 Å². The molecule has 0 bridgehead atoms. The number of likely N-dealkylation sites (N-methyl/N-ethyl adjacent to an activating group) is 2. The topological polar surface area (TPSA) is 126 Å². The number of likely N-dealkylation sites (tertiary alicyclic amines) is 1. The fourth-order valence-electron chi connectivity index (χ4n) is 4.80. The van der Waals surface area contributed by atoms with E-state index in [0.717, 1.165) is 42.7 Å². The third-order valence-electron chi connectivity index (χ3n) is 7.27. The third kappa shape index (κ3) is 7.48. The molecule has 3 aromatic rings. The molecule has 1 amide bonds. The first-order chi connectivity index (χ1) is 19.6. The zero-order valence-electron chi connectivity index (χ0n) is 25.5. The number of hydrogen-bond acceptors (Lipinski definition) is 9. The molecule has 1 aromatic heterocycles. The zero-order valence-corrected chi connectivity index (χ0v) is 26.3. The van der Waals surface area contributed by atoms with Gasteiger partial charge in [0.1, 0.15) is 17.9 Å². The minimum Gasteiger partial charge on any atom is -0.492 e. The fourth-order valence-corrected chi connectivity index (χ4v) is 5.35. The average molecular weight is 597 g/mol. The lowest BCUT2D eigenvalue weighted by Gasteiger charge is -2.25. The number of carbonyl (C=O) groups is 1. The number of nitrogens with one attached hydrogen (secondary N) is 2. The molecule has 0 radical (unpaired) electrons. The summed E-state index contributed by atoms with van der Waals surface area (Å²) in [5.41, 5.74) is 2.23. The van der Waals surface area contributed by atoms with Gasteiger partial charge in [-0.05, 0) is 67.7 Å². The van der Waals surface area contributed by atoms with E-state index in [4.69, 9.17) is 9.47 Å². The average Bonchev–Trinajstić information content (AvgIpc) is 3.34. The van der Waals surface area contributed by atoms with Crippen LogP contribution in [0.2, 0.25) is 0 Å². The molecule has 2 heterocycles. The molecule has 0 spiro atoms. The van der Waals surface area contributed by atoms with Crippen LogP contribution in [0.4, 0.5) is 17.2 Å². The highest BCUT2D eigenvalue weighted by Gasteiger charge is 2.25. The van der Waals surface area contributed by atoms with E-state index in [1.165, 1.54) is 13.4 Å². The number of carbonyl (C=O) groups excluding carboxylic acids is 1. The number of rotatable bonds is 9. The Bertz CT molecular complexity index is 1570. The summed E-state index contributed by atoms with van der Waals surface area (Å²) in [6, 6.07) is 10.8. The summed E-state index contributed by atoms with van der Waals surface area (Å²) in [7, 11) is 1.95. The number of benzene rings is 2. The van der Waals surface area contributed by atoms with E-state index in [2.05, 4.69) is 36.9 Å². The van der Waals surface area contributed by atoms with E-state index in [0.29, 0.717) is 28.9 Å². The first kappa shape index (κ1) is 31.0. The number of anilines is 3. The van der Waals surface area contributed by atoms with Gasteiger partial charge in [-0.1, -0.05) is 26.8 Å². The van der Waals surface area contributed by atoms with Gasteiger partial charge in [0.2, 0.25) is 15.9 Å². The van der Waals surface area contributed by atoms with Crippen molar-refractivity contribution in [3.63, 3.8) is 0 Å². The van der Waals surface area contributed by atoms with Crippen molar-refractivity contribution in [1.82, 2.24) is 14.9 Å². The quantitative estimate of drug-likeness (QED) is 0.363. The first-order valence-corrected chi connectivity index (χ1v) is 15.6. The molecule has 1 saturated heterocycles. The van der Waals surface area contributed by atoms with Crippen molar-refractivity contribution >= 4 is 33.1 Å². The molecule has 12 heteroatoms. The summed E-state index contributed by atoms with van der Waals surface area (Å²) < 4.78 is 38.3. The molecule has 11 nitrogen and oxygen atoms in total. The lowest BCUT2D eigenvalue weighted by molar-refractivity contribution is 0.102. The summed E-state index contributed by atoms with van der Waals surface area (Å²) in [4.78, 5) is 26.6. The number of sulfonamides is 1. The monoisotopic (exact) mass is 596 g/mol. The molecular weight excluding hydrogens is 556 g/mol. The van der Waals surface area contributed by atoms with E-state index >= 15 is 0 Å². The number of hydrogen-bond donors (Lipinski definition) is 2. The van der Waals surface area contributed by atoms with Gasteiger partial charge in [-0.3, -0.25) is 9.52 Å². The van der Waals surface area contributed by atoms with Gasteiger partial charge in [-0.25, -0.2) is 18.4 Å². The van der Waals surface area contributed by atoms with Gasteiger partial charge < -0.3 is 24.6 Å². The molecule has 1 fully saturated rings. The van der Waals surface area contributed by atoms with Gasteiger partial charge in [0.05, 0.1) is 24.7 Å². The Kier molecular flexibility index (Phi) is 8.98. The fraction of sp³-hybridized carbons (Fsp3) is 0.433. The molecule has 1 atom stereocenters. The Labute approximate surface area is 248 Å². The summed E-state index contributed by atoms with van der Waals surface area (Å²) in [6.07, 6.45) is 3.59. The molecule has 226 valence electrons. The lowest BCUT2D eigenvalue weighted by atomic mass is 9.86. The largest absolute Gasteiger partial charge is 0.492 e. The minimum atomic E-state index is -3.60. The van der Waals surface area contributed by atoms with E-state index in [9.17, 15) is 13.2 Å². The van der Waals surface area contributed by atoms with Gasteiger partial charge in [-0.2, -0.15) is 0 Å². The smallest absolute Gasteiger partial charge is 0.255 e. The number of aromatic nitrogens is 2. The number of methoxy groups -OCH3 is 1. The number of aryl methyl sites for hydroxylation is 1. The predicted octanol–water partition coefficient (Wildman–Crippen LogP) is 4.65. The summed E-state index contributed by atoms with van der Waals surface area (Å²) >= 11 is 0. The molecule has 0 saturated carbocycles. The normalized spacial score (nSPS) is 15.8. The predicted molar refractivity (Wildman–Crippen MR) is 166 cm³/mol. The highest BCUT2D eigenvalue weighted by atomic mass is 32.2. The van der Waals surface area contributed by atoms with Crippen LogP contribution in [0.5, 0.6) is 17.4 Å².